The lowest BCUT2D eigenvalue weighted by Crippen LogP contribution is -2.22. The van der Waals surface area contributed by atoms with Crippen molar-refractivity contribution >= 4 is 67.0 Å². The molecule has 1 N–H and O–H groups in total. The van der Waals surface area contributed by atoms with Gasteiger partial charge in [0.25, 0.3) is 0 Å². The average molecular weight is 695 g/mol. The van der Waals surface area contributed by atoms with Crippen molar-refractivity contribution in [3.05, 3.63) is 111 Å². The Morgan fingerprint density at radius 2 is 1.25 bits per heavy atom. The Bertz CT molecular complexity index is 1610. The number of rotatable bonds is 6. The fraction of sp³-hybridized carbons (Fsp3) is 0.100. The molecule has 0 aliphatic carbocycles. The number of benzene rings is 4. The SMILES string of the molecule is O[C@H](Cn1cnc(-c2ccccc2)c1-c1ccccc1)Cn1c2ccc(I)cc2c2cc(I)ccc21. The van der Waals surface area contributed by atoms with Crippen LogP contribution < -0.4 is 0 Å². The molecule has 0 radical (unpaired) electrons. The number of fused-ring (bicyclic) bond motifs is 3. The first-order valence-corrected chi connectivity index (χ1v) is 14.0. The molecule has 2 heterocycles. The standard InChI is InChI=1S/C30H23I2N3O/c31-22-11-13-27-25(15-22)26-16-23(32)12-14-28(26)35(27)18-24(36)17-34-19-33-29(20-7-3-1-4-8-20)30(34)21-9-5-2-6-10-21/h1-16,19,24,36H,17-18H2/t24-/m1/s1. The Hall–Kier alpha value is -2.69. The van der Waals surface area contributed by atoms with Gasteiger partial charge in [0.2, 0.25) is 0 Å². The Labute approximate surface area is 236 Å². The van der Waals surface area contributed by atoms with E-state index in [1.54, 1.807) is 0 Å². The smallest absolute Gasteiger partial charge is 0.0963 e. The second-order valence-corrected chi connectivity index (χ2v) is 11.4. The zero-order chi connectivity index (χ0) is 24.6. The summed E-state index contributed by atoms with van der Waals surface area (Å²) >= 11 is 4.73. The van der Waals surface area contributed by atoms with E-state index in [2.05, 4.69) is 115 Å². The van der Waals surface area contributed by atoms with Gasteiger partial charge in [-0.15, -0.1) is 0 Å². The maximum atomic E-state index is 11.4. The van der Waals surface area contributed by atoms with E-state index in [1.165, 1.54) is 17.9 Å². The molecule has 178 valence electrons. The molecule has 0 fully saturated rings. The predicted octanol–water partition coefficient (Wildman–Crippen LogP) is 7.60. The average Bonchev–Trinajstić information content (AvgIpc) is 3.44. The number of nitrogens with zero attached hydrogens (tertiary/aromatic N) is 3. The highest BCUT2D eigenvalue weighted by Gasteiger charge is 2.19. The van der Waals surface area contributed by atoms with Crippen LogP contribution in [0.2, 0.25) is 0 Å². The summed E-state index contributed by atoms with van der Waals surface area (Å²) in [4.78, 5) is 4.78. The van der Waals surface area contributed by atoms with Crippen molar-refractivity contribution in [1.29, 1.82) is 0 Å². The normalized spacial score (nSPS) is 12.4. The Morgan fingerprint density at radius 1 is 0.694 bits per heavy atom. The zero-order valence-corrected chi connectivity index (χ0v) is 23.7. The van der Waals surface area contributed by atoms with Crippen molar-refractivity contribution in [3.63, 3.8) is 0 Å². The minimum atomic E-state index is -0.595. The largest absolute Gasteiger partial charge is 0.389 e. The summed E-state index contributed by atoms with van der Waals surface area (Å²) in [6.07, 6.45) is 1.26. The molecule has 0 bridgehead atoms. The van der Waals surface area contributed by atoms with Crippen LogP contribution in [0.25, 0.3) is 44.3 Å². The number of aliphatic hydroxyl groups excluding tert-OH is 1. The second kappa shape index (κ2) is 9.99. The molecule has 6 rings (SSSR count). The summed E-state index contributed by atoms with van der Waals surface area (Å²) < 4.78 is 6.75. The summed E-state index contributed by atoms with van der Waals surface area (Å²) in [5.41, 5.74) is 6.39. The van der Waals surface area contributed by atoms with Crippen LogP contribution in [-0.4, -0.2) is 25.3 Å². The molecule has 0 aliphatic rings. The van der Waals surface area contributed by atoms with Gasteiger partial charge in [-0.3, -0.25) is 0 Å². The summed E-state index contributed by atoms with van der Waals surface area (Å²) in [6.45, 7) is 0.939. The molecule has 0 unspecified atom stereocenters. The Morgan fingerprint density at radius 3 is 1.83 bits per heavy atom. The fourth-order valence-electron chi connectivity index (χ4n) is 4.97. The first kappa shape index (κ1) is 23.7. The highest BCUT2D eigenvalue weighted by Crippen LogP contribution is 2.33. The summed E-state index contributed by atoms with van der Waals surface area (Å²) in [6, 6.07) is 33.6. The second-order valence-electron chi connectivity index (χ2n) is 8.91. The lowest BCUT2D eigenvalue weighted by atomic mass is 10.0. The lowest BCUT2D eigenvalue weighted by Gasteiger charge is -2.17. The number of aliphatic hydroxyl groups is 1. The first-order chi connectivity index (χ1) is 17.6. The highest BCUT2D eigenvalue weighted by molar-refractivity contribution is 14.1. The van der Waals surface area contributed by atoms with Gasteiger partial charge < -0.3 is 14.2 Å². The molecule has 0 saturated carbocycles. The van der Waals surface area contributed by atoms with Gasteiger partial charge in [0, 0.05) is 40.1 Å². The van der Waals surface area contributed by atoms with Crippen molar-refractivity contribution in [2.24, 2.45) is 0 Å². The van der Waals surface area contributed by atoms with Crippen LogP contribution >= 0.6 is 45.2 Å². The van der Waals surface area contributed by atoms with Crippen molar-refractivity contribution in [1.82, 2.24) is 14.1 Å². The Kier molecular flexibility index (Phi) is 6.57. The van der Waals surface area contributed by atoms with E-state index >= 15 is 0 Å². The minimum Gasteiger partial charge on any atom is -0.389 e. The van der Waals surface area contributed by atoms with Crippen LogP contribution in [0, 0.1) is 7.14 Å². The molecule has 6 heteroatoms. The molecule has 0 amide bonds. The highest BCUT2D eigenvalue weighted by atomic mass is 127. The van der Waals surface area contributed by atoms with Gasteiger partial charge in [-0.2, -0.15) is 0 Å². The fourth-order valence-corrected chi connectivity index (χ4v) is 5.95. The van der Waals surface area contributed by atoms with Gasteiger partial charge >= 0.3 is 0 Å². The molecular formula is C30H23I2N3O. The summed E-state index contributed by atoms with van der Waals surface area (Å²) in [5, 5.41) is 13.8. The maximum absolute atomic E-state index is 11.4. The molecule has 36 heavy (non-hydrogen) atoms. The predicted molar refractivity (Wildman–Crippen MR) is 164 cm³/mol. The third kappa shape index (κ3) is 4.46. The van der Waals surface area contributed by atoms with Crippen LogP contribution in [0.1, 0.15) is 0 Å². The zero-order valence-electron chi connectivity index (χ0n) is 19.4. The molecule has 0 spiro atoms. The van der Waals surface area contributed by atoms with Gasteiger partial charge in [0.05, 0.1) is 36.9 Å². The van der Waals surface area contributed by atoms with E-state index in [4.69, 9.17) is 4.98 Å². The van der Waals surface area contributed by atoms with E-state index in [0.717, 1.165) is 33.5 Å². The molecule has 0 saturated heterocycles. The van der Waals surface area contributed by atoms with Gasteiger partial charge in [-0.1, -0.05) is 60.7 Å². The molecule has 2 aromatic heterocycles. The molecule has 6 aromatic rings. The molecule has 0 aliphatic heterocycles. The minimum absolute atomic E-state index is 0.444. The summed E-state index contributed by atoms with van der Waals surface area (Å²) in [7, 11) is 0. The van der Waals surface area contributed by atoms with Gasteiger partial charge in [0.15, 0.2) is 0 Å². The molecular weight excluding hydrogens is 672 g/mol. The van der Waals surface area contributed by atoms with Gasteiger partial charge in [-0.25, -0.2) is 4.98 Å². The maximum Gasteiger partial charge on any atom is 0.0963 e. The third-order valence-corrected chi connectivity index (χ3v) is 7.86. The van der Waals surface area contributed by atoms with E-state index in [-0.39, 0.29) is 0 Å². The number of hydrogen-bond donors (Lipinski definition) is 1. The first-order valence-electron chi connectivity index (χ1n) is 11.8. The lowest BCUT2D eigenvalue weighted by molar-refractivity contribution is 0.137. The Balaban J connectivity index is 1.39. The van der Waals surface area contributed by atoms with Crippen LogP contribution in [0.4, 0.5) is 0 Å². The van der Waals surface area contributed by atoms with Crippen molar-refractivity contribution in [2.45, 2.75) is 19.2 Å². The third-order valence-electron chi connectivity index (χ3n) is 6.52. The van der Waals surface area contributed by atoms with E-state index in [9.17, 15) is 5.11 Å². The number of aromatic nitrogens is 3. The van der Waals surface area contributed by atoms with Crippen molar-refractivity contribution < 1.29 is 5.11 Å². The molecule has 4 aromatic carbocycles. The topological polar surface area (TPSA) is 43.0 Å². The van der Waals surface area contributed by atoms with Gasteiger partial charge in [0.1, 0.15) is 0 Å². The van der Waals surface area contributed by atoms with Gasteiger partial charge in [-0.05, 0) is 81.6 Å². The number of halogens is 2. The molecule has 1 atom stereocenters. The van der Waals surface area contributed by atoms with E-state index < -0.39 is 6.10 Å². The van der Waals surface area contributed by atoms with Crippen LogP contribution in [0.3, 0.4) is 0 Å². The van der Waals surface area contributed by atoms with E-state index in [0.29, 0.717) is 13.1 Å². The quantitative estimate of drug-likeness (QED) is 0.183. The van der Waals surface area contributed by atoms with Crippen molar-refractivity contribution in [3.8, 4) is 22.5 Å². The monoisotopic (exact) mass is 695 g/mol. The van der Waals surface area contributed by atoms with Crippen LogP contribution in [-0.2, 0) is 13.1 Å². The van der Waals surface area contributed by atoms with Crippen LogP contribution in [0.5, 0.6) is 0 Å². The van der Waals surface area contributed by atoms with Crippen LogP contribution in [0.15, 0.2) is 103 Å². The summed E-state index contributed by atoms with van der Waals surface area (Å²) in [5.74, 6) is 0. The molecule has 4 nitrogen and oxygen atoms in total. The van der Waals surface area contributed by atoms with Crippen molar-refractivity contribution in [2.75, 3.05) is 0 Å². The number of hydrogen-bond acceptors (Lipinski definition) is 2. The number of imidazole rings is 1. The van der Waals surface area contributed by atoms with E-state index in [1.807, 2.05) is 42.7 Å².